The van der Waals surface area contributed by atoms with Gasteiger partial charge in [-0.25, -0.2) is 5.01 Å². The SMILES string of the molecule is Cl.Cl.NC1CCN(N2C=CN=CC2)C1. The Kier molecular flexibility index (Phi) is 6.11. The van der Waals surface area contributed by atoms with Crippen LogP contribution in [0.4, 0.5) is 0 Å². The molecule has 2 aliphatic rings. The zero-order valence-electron chi connectivity index (χ0n) is 7.87. The molecule has 2 heterocycles. The van der Waals surface area contributed by atoms with Crippen molar-refractivity contribution in [3.8, 4) is 0 Å². The number of rotatable bonds is 1. The third-order valence-corrected chi connectivity index (χ3v) is 2.27. The van der Waals surface area contributed by atoms with Crippen LogP contribution in [0.2, 0.25) is 0 Å². The molecule has 1 unspecified atom stereocenters. The molecule has 0 radical (unpaired) electrons. The fourth-order valence-electron chi connectivity index (χ4n) is 1.58. The van der Waals surface area contributed by atoms with E-state index < -0.39 is 0 Å². The maximum Gasteiger partial charge on any atom is 0.0693 e. The molecular weight excluding hydrogens is 223 g/mol. The lowest BCUT2D eigenvalue weighted by atomic mass is 10.3. The highest BCUT2D eigenvalue weighted by Gasteiger charge is 2.22. The minimum atomic E-state index is 0. The fraction of sp³-hybridized carbons (Fsp3) is 0.625. The van der Waals surface area contributed by atoms with Crippen molar-refractivity contribution in [1.29, 1.82) is 0 Å². The molecule has 0 aromatic rings. The molecule has 2 N–H and O–H groups in total. The van der Waals surface area contributed by atoms with E-state index in [1.165, 1.54) is 0 Å². The van der Waals surface area contributed by atoms with E-state index in [1.807, 2.05) is 18.6 Å². The van der Waals surface area contributed by atoms with Crippen LogP contribution in [0.25, 0.3) is 0 Å². The number of aliphatic imine (C=N–C) groups is 1. The van der Waals surface area contributed by atoms with Gasteiger partial charge in [0.05, 0.1) is 6.54 Å². The summed E-state index contributed by atoms with van der Waals surface area (Å²) in [4.78, 5) is 4.01. The molecule has 2 aliphatic heterocycles. The molecule has 1 saturated heterocycles. The summed E-state index contributed by atoms with van der Waals surface area (Å²) < 4.78 is 0. The zero-order chi connectivity index (χ0) is 8.39. The molecule has 0 spiro atoms. The number of hydrogen-bond acceptors (Lipinski definition) is 4. The smallest absolute Gasteiger partial charge is 0.0693 e. The molecule has 82 valence electrons. The van der Waals surface area contributed by atoms with Gasteiger partial charge in [-0.05, 0) is 6.42 Å². The Hall–Kier alpha value is -0.290. The summed E-state index contributed by atoms with van der Waals surface area (Å²) in [5, 5.41) is 4.44. The topological polar surface area (TPSA) is 44.9 Å². The number of nitrogens with two attached hydrogens (primary N) is 1. The molecule has 14 heavy (non-hydrogen) atoms. The first-order valence-corrected chi connectivity index (χ1v) is 4.31. The van der Waals surface area contributed by atoms with Crippen molar-refractivity contribution in [3.63, 3.8) is 0 Å². The largest absolute Gasteiger partial charge is 0.326 e. The summed E-state index contributed by atoms with van der Waals surface area (Å²) in [6.07, 6.45) is 6.82. The second-order valence-electron chi connectivity index (χ2n) is 3.21. The Bertz CT molecular complexity index is 219. The molecule has 0 saturated carbocycles. The van der Waals surface area contributed by atoms with Crippen molar-refractivity contribution in [3.05, 3.63) is 12.4 Å². The lowest BCUT2D eigenvalue weighted by Crippen LogP contribution is -2.40. The van der Waals surface area contributed by atoms with Gasteiger partial charge in [0.2, 0.25) is 0 Å². The Balaban J connectivity index is 0.000000845. The summed E-state index contributed by atoms with van der Waals surface area (Å²) in [5.41, 5.74) is 5.81. The van der Waals surface area contributed by atoms with Crippen molar-refractivity contribution in [2.45, 2.75) is 12.5 Å². The van der Waals surface area contributed by atoms with Gasteiger partial charge in [-0.2, -0.15) is 0 Å². The van der Waals surface area contributed by atoms with Gasteiger partial charge >= 0.3 is 0 Å². The average molecular weight is 239 g/mol. The van der Waals surface area contributed by atoms with E-state index in [0.29, 0.717) is 6.04 Å². The third kappa shape index (κ3) is 3.13. The van der Waals surface area contributed by atoms with Crippen LogP contribution in [-0.2, 0) is 0 Å². The van der Waals surface area contributed by atoms with Crippen LogP contribution in [0.3, 0.4) is 0 Å². The molecule has 2 rings (SSSR count). The molecule has 1 atom stereocenters. The predicted octanol–water partition coefficient (Wildman–Crippen LogP) is 0.636. The number of hydrazine groups is 1. The van der Waals surface area contributed by atoms with Gasteiger partial charge in [-0.3, -0.25) is 4.99 Å². The van der Waals surface area contributed by atoms with Crippen molar-refractivity contribution < 1.29 is 0 Å². The zero-order valence-corrected chi connectivity index (χ0v) is 9.51. The van der Waals surface area contributed by atoms with Crippen molar-refractivity contribution in [2.75, 3.05) is 19.6 Å². The van der Waals surface area contributed by atoms with E-state index in [9.17, 15) is 0 Å². The average Bonchev–Trinajstić information content (AvgIpc) is 2.54. The first kappa shape index (κ1) is 13.7. The predicted molar refractivity (Wildman–Crippen MR) is 63.0 cm³/mol. The highest BCUT2D eigenvalue weighted by Crippen LogP contribution is 2.11. The molecular formula is C8H16Cl2N4. The number of nitrogens with zero attached hydrogens (tertiary/aromatic N) is 3. The molecule has 1 fully saturated rings. The van der Waals surface area contributed by atoms with E-state index in [1.54, 1.807) is 0 Å². The first-order valence-electron chi connectivity index (χ1n) is 4.31. The second-order valence-corrected chi connectivity index (χ2v) is 3.21. The lowest BCUT2D eigenvalue weighted by Gasteiger charge is -2.30. The highest BCUT2D eigenvalue weighted by atomic mass is 35.5. The van der Waals surface area contributed by atoms with Crippen LogP contribution in [0.15, 0.2) is 17.4 Å². The van der Waals surface area contributed by atoms with Gasteiger partial charge in [0.25, 0.3) is 0 Å². The van der Waals surface area contributed by atoms with Gasteiger partial charge in [0, 0.05) is 37.7 Å². The van der Waals surface area contributed by atoms with E-state index in [-0.39, 0.29) is 24.8 Å². The molecule has 0 aromatic carbocycles. The van der Waals surface area contributed by atoms with Gasteiger partial charge in [-0.15, -0.1) is 24.8 Å². The van der Waals surface area contributed by atoms with Crippen molar-refractivity contribution in [1.82, 2.24) is 10.0 Å². The van der Waals surface area contributed by atoms with Crippen molar-refractivity contribution >= 4 is 31.0 Å². The van der Waals surface area contributed by atoms with E-state index >= 15 is 0 Å². The highest BCUT2D eigenvalue weighted by molar-refractivity contribution is 5.85. The van der Waals surface area contributed by atoms with E-state index in [2.05, 4.69) is 15.0 Å². The van der Waals surface area contributed by atoms with Crippen LogP contribution in [-0.4, -0.2) is 41.9 Å². The molecule has 0 amide bonds. The fourth-order valence-corrected chi connectivity index (χ4v) is 1.58. The van der Waals surface area contributed by atoms with Gasteiger partial charge < -0.3 is 10.7 Å². The van der Waals surface area contributed by atoms with Gasteiger partial charge in [-0.1, -0.05) is 0 Å². The van der Waals surface area contributed by atoms with Crippen LogP contribution >= 0.6 is 24.8 Å². The maximum absolute atomic E-state index is 5.81. The minimum absolute atomic E-state index is 0. The van der Waals surface area contributed by atoms with Crippen LogP contribution in [0.1, 0.15) is 6.42 Å². The van der Waals surface area contributed by atoms with Crippen molar-refractivity contribution in [2.24, 2.45) is 10.7 Å². The Labute approximate surface area is 96.6 Å². The maximum atomic E-state index is 5.81. The Morgan fingerprint density at radius 1 is 1.36 bits per heavy atom. The first-order chi connectivity index (χ1) is 5.86. The van der Waals surface area contributed by atoms with E-state index in [0.717, 1.165) is 26.1 Å². The van der Waals surface area contributed by atoms with Gasteiger partial charge in [0.1, 0.15) is 0 Å². The molecule has 0 bridgehead atoms. The summed E-state index contributed by atoms with van der Waals surface area (Å²) in [5.74, 6) is 0. The van der Waals surface area contributed by atoms with E-state index in [4.69, 9.17) is 5.73 Å². The normalized spacial score (nSPS) is 25.8. The summed E-state index contributed by atoms with van der Waals surface area (Å²) >= 11 is 0. The monoisotopic (exact) mass is 238 g/mol. The van der Waals surface area contributed by atoms with Crippen LogP contribution in [0, 0.1) is 0 Å². The van der Waals surface area contributed by atoms with Crippen LogP contribution in [0.5, 0.6) is 0 Å². The summed E-state index contributed by atoms with van der Waals surface area (Å²) in [6.45, 7) is 2.92. The summed E-state index contributed by atoms with van der Waals surface area (Å²) in [7, 11) is 0. The lowest BCUT2D eigenvalue weighted by molar-refractivity contribution is 0.0636. The number of halogens is 2. The molecule has 0 aromatic heterocycles. The standard InChI is InChI=1S/C8H14N4.2ClH/c9-8-1-4-12(7-8)11-5-2-10-3-6-11;;/h2-3,5,8H,1,4,6-7,9H2;2*1H. The van der Waals surface area contributed by atoms with Gasteiger partial charge in [0.15, 0.2) is 0 Å². The molecule has 6 heteroatoms. The number of hydrogen-bond donors (Lipinski definition) is 1. The molecule has 0 aliphatic carbocycles. The Morgan fingerprint density at radius 3 is 2.64 bits per heavy atom. The molecule has 4 nitrogen and oxygen atoms in total. The Morgan fingerprint density at radius 2 is 2.14 bits per heavy atom. The quantitative estimate of drug-likeness (QED) is 0.730. The third-order valence-electron chi connectivity index (χ3n) is 2.27. The van der Waals surface area contributed by atoms with Crippen LogP contribution < -0.4 is 5.73 Å². The second kappa shape index (κ2) is 6.24. The summed E-state index contributed by atoms with van der Waals surface area (Å²) in [6, 6.07) is 0.345. The minimum Gasteiger partial charge on any atom is -0.326 e.